The first kappa shape index (κ1) is 23.2. The van der Waals surface area contributed by atoms with Crippen molar-refractivity contribution >= 4 is 17.5 Å². The second-order valence-electron chi connectivity index (χ2n) is 8.21. The third-order valence-corrected chi connectivity index (χ3v) is 6.24. The number of nitrogens with one attached hydrogen (secondary N) is 1. The number of hydrogen-bond donors (Lipinski definition) is 1. The maximum atomic E-state index is 12.7. The van der Waals surface area contributed by atoms with E-state index < -0.39 is 0 Å². The Bertz CT molecular complexity index is 731. The van der Waals surface area contributed by atoms with E-state index in [1.165, 1.54) is 19.3 Å². The summed E-state index contributed by atoms with van der Waals surface area (Å²) in [6.07, 6.45) is 6.08. The summed E-state index contributed by atoms with van der Waals surface area (Å²) in [6, 6.07) is 3.43. The lowest BCUT2D eigenvalue weighted by atomic mass is 9.88. The molecule has 0 unspecified atom stereocenters. The minimum atomic E-state index is -0.0741. The van der Waals surface area contributed by atoms with Gasteiger partial charge in [-0.25, -0.2) is 0 Å². The number of hydrogen-bond acceptors (Lipinski definition) is 6. The molecule has 2 fully saturated rings. The predicted molar refractivity (Wildman–Crippen MR) is 119 cm³/mol. The number of benzene rings is 1. The molecular weight excluding hydrogens is 398 g/mol. The summed E-state index contributed by atoms with van der Waals surface area (Å²) < 4.78 is 16.0. The molecule has 31 heavy (non-hydrogen) atoms. The summed E-state index contributed by atoms with van der Waals surface area (Å²) in [5.41, 5.74) is 0.599. The van der Waals surface area contributed by atoms with Crippen molar-refractivity contribution in [2.24, 2.45) is 5.92 Å². The summed E-state index contributed by atoms with van der Waals surface area (Å²) in [6.45, 7) is 3.81. The Balaban J connectivity index is 1.45. The lowest BCUT2D eigenvalue weighted by Crippen LogP contribution is -2.50. The van der Waals surface area contributed by atoms with Crippen LogP contribution < -0.4 is 19.5 Å². The van der Waals surface area contributed by atoms with Gasteiger partial charge in [0.1, 0.15) is 0 Å². The zero-order valence-corrected chi connectivity index (χ0v) is 18.9. The minimum absolute atomic E-state index is 0.0741. The van der Waals surface area contributed by atoms with Gasteiger partial charge in [-0.3, -0.25) is 14.5 Å². The molecular formula is C23H35N3O5. The Morgan fingerprint density at radius 1 is 0.935 bits per heavy atom. The molecule has 1 aliphatic carbocycles. The molecule has 1 aromatic carbocycles. The summed E-state index contributed by atoms with van der Waals surface area (Å²) in [7, 11) is 4.63. The van der Waals surface area contributed by atoms with Gasteiger partial charge in [0.25, 0.3) is 0 Å². The van der Waals surface area contributed by atoms with Gasteiger partial charge in [0, 0.05) is 62.9 Å². The molecule has 172 valence electrons. The molecule has 8 nitrogen and oxygen atoms in total. The van der Waals surface area contributed by atoms with Crippen molar-refractivity contribution in [1.29, 1.82) is 0 Å². The van der Waals surface area contributed by atoms with E-state index in [9.17, 15) is 9.59 Å². The molecule has 1 aliphatic heterocycles. The van der Waals surface area contributed by atoms with Gasteiger partial charge in [-0.2, -0.15) is 0 Å². The Hall–Kier alpha value is -2.48. The van der Waals surface area contributed by atoms with E-state index in [-0.39, 0.29) is 11.8 Å². The number of nitrogens with zero attached hydrogens (tertiary/aromatic N) is 2. The van der Waals surface area contributed by atoms with Crippen LogP contribution in [0.1, 0.15) is 38.5 Å². The van der Waals surface area contributed by atoms with Crippen LogP contribution in [-0.2, 0) is 9.59 Å². The molecule has 2 aliphatic rings. The highest BCUT2D eigenvalue weighted by atomic mass is 16.5. The summed E-state index contributed by atoms with van der Waals surface area (Å²) in [4.78, 5) is 29.4. The van der Waals surface area contributed by atoms with Gasteiger partial charge in [-0.05, 0) is 12.8 Å². The summed E-state index contributed by atoms with van der Waals surface area (Å²) >= 11 is 0. The Morgan fingerprint density at radius 2 is 1.55 bits per heavy atom. The van der Waals surface area contributed by atoms with Crippen LogP contribution in [0.2, 0.25) is 0 Å². The minimum Gasteiger partial charge on any atom is -0.493 e. The average molecular weight is 434 g/mol. The third-order valence-electron chi connectivity index (χ3n) is 6.24. The van der Waals surface area contributed by atoms with Crippen LogP contribution in [0.25, 0.3) is 0 Å². The standard InChI is InChI=1S/C23H35N3O5/c1-29-19-15-18(16-20(30-2)22(19)31-3)24-21(27)9-10-25-11-13-26(14-12-25)23(28)17-7-5-4-6-8-17/h15-17H,4-14H2,1-3H3,(H,24,27). The predicted octanol–water partition coefficient (Wildman–Crippen LogP) is 2.77. The number of methoxy groups -OCH3 is 3. The van der Waals surface area contributed by atoms with Crippen LogP contribution in [0, 0.1) is 5.92 Å². The zero-order chi connectivity index (χ0) is 22.2. The number of anilines is 1. The molecule has 1 N–H and O–H groups in total. The van der Waals surface area contributed by atoms with Crippen LogP contribution in [0.3, 0.4) is 0 Å². The molecule has 0 atom stereocenters. The van der Waals surface area contributed by atoms with E-state index >= 15 is 0 Å². The second kappa shape index (κ2) is 11.2. The Morgan fingerprint density at radius 3 is 2.10 bits per heavy atom. The SMILES string of the molecule is COc1cc(NC(=O)CCN2CCN(C(=O)C3CCCCC3)CC2)cc(OC)c1OC. The maximum Gasteiger partial charge on any atom is 0.225 e. The Labute approximate surface area is 184 Å². The molecule has 8 heteroatoms. The normalized spacial score (nSPS) is 17.8. The lowest BCUT2D eigenvalue weighted by Gasteiger charge is -2.37. The van der Waals surface area contributed by atoms with E-state index in [0.717, 1.165) is 39.0 Å². The molecule has 0 spiro atoms. The fourth-order valence-corrected chi connectivity index (χ4v) is 4.44. The fraction of sp³-hybridized carbons (Fsp3) is 0.652. The molecule has 1 saturated heterocycles. The first-order valence-corrected chi connectivity index (χ1v) is 11.2. The Kier molecular flexibility index (Phi) is 8.40. The number of amides is 2. The fourth-order valence-electron chi connectivity index (χ4n) is 4.44. The third kappa shape index (κ3) is 6.03. The van der Waals surface area contributed by atoms with Gasteiger partial charge in [-0.1, -0.05) is 19.3 Å². The van der Waals surface area contributed by atoms with Crippen LogP contribution in [-0.4, -0.2) is 75.7 Å². The molecule has 0 radical (unpaired) electrons. The van der Waals surface area contributed by atoms with E-state index in [1.807, 2.05) is 4.90 Å². The number of carbonyl (C=O) groups is 2. The van der Waals surface area contributed by atoms with Crippen LogP contribution in [0.15, 0.2) is 12.1 Å². The first-order chi connectivity index (χ1) is 15.0. The van der Waals surface area contributed by atoms with Gasteiger partial charge >= 0.3 is 0 Å². The number of rotatable bonds is 8. The lowest BCUT2D eigenvalue weighted by molar-refractivity contribution is -0.138. The van der Waals surface area contributed by atoms with Gasteiger partial charge in [0.2, 0.25) is 17.6 Å². The van der Waals surface area contributed by atoms with Crippen LogP contribution >= 0.6 is 0 Å². The monoisotopic (exact) mass is 433 g/mol. The van der Waals surface area contributed by atoms with E-state index in [4.69, 9.17) is 14.2 Å². The van der Waals surface area contributed by atoms with Crippen molar-refractivity contribution in [3.63, 3.8) is 0 Å². The largest absolute Gasteiger partial charge is 0.493 e. The highest BCUT2D eigenvalue weighted by Crippen LogP contribution is 2.39. The maximum absolute atomic E-state index is 12.7. The topological polar surface area (TPSA) is 80.3 Å². The summed E-state index contributed by atoms with van der Waals surface area (Å²) in [5.74, 6) is 1.97. The summed E-state index contributed by atoms with van der Waals surface area (Å²) in [5, 5.41) is 2.91. The van der Waals surface area contributed by atoms with Gasteiger partial charge < -0.3 is 24.4 Å². The molecule has 0 aromatic heterocycles. The molecule has 3 rings (SSSR count). The molecule has 1 saturated carbocycles. The van der Waals surface area contributed by atoms with Crippen LogP contribution in [0.4, 0.5) is 5.69 Å². The van der Waals surface area contributed by atoms with Crippen molar-refractivity contribution in [2.75, 3.05) is 59.4 Å². The van der Waals surface area contributed by atoms with Gasteiger partial charge in [-0.15, -0.1) is 0 Å². The van der Waals surface area contributed by atoms with Crippen molar-refractivity contribution in [1.82, 2.24) is 9.80 Å². The van der Waals surface area contributed by atoms with Crippen molar-refractivity contribution in [2.45, 2.75) is 38.5 Å². The second-order valence-corrected chi connectivity index (χ2v) is 8.21. The van der Waals surface area contributed by atoms with E-state index in [2.05, 4.69) is 10.2 Å². The number of carbonyl (C=O) groups excluding carboxylic acids is 2. The molecule has 0 bridgehead atoms. The average Bonchev–Trinajstić information content (AvgIpc) is 2.82. The number of piperazine rings is 1. The molecule has 2 amide bonds. The first-order valence-electron chi connectivity index (χ1n) is 11.2. The molecule has 1 heterocycles. The van der Waals surface area contributed by atoms with Gasteiger partial charge in [0.05, 0.1) is 21.3 Å². The van der Waals surface area contributed by atoms with Crippen molar-refractivity contribution in [3.05, 3.63) is 12.1 Å². The molecule has 1 aromatic rings. The zero-order valence-electron chi connectivity index (χ0n) is 18.9. The smallest absolute Gasteiger partial charge is 0.225 e. The van der Waals surface area contributed by atoms with Crippen LogP contribution in [0.5, 0.6) is 17.2 Å². The highest BCUT2D eigenvalue weighted by molar-refractivity contribution is 5.91. The highest BCUT2D eigenvalue weighted by Gasteiger charge is 2.28. The van der Waals surface area contributed by atoms with E-state index in [0.29, 0.717) is 41.8 Å². The van der Waals surface area contributed by atoms with E-state index in [1.54, 1.807) is 33.5 Å². The van der Waals surface area contributed by atoms with Crippen molar-refractivity contribution < 1.29 is 23.8 Å². The van der Waals surface area contributed by atoms with Crippen molar-refractivity contribution in [3.8, 4) is 17.2 Å². The quantitative estimate of drug-likeness (QED) is 0.679. The van der Waals surface area contributed by atoms with Gasteiger partial charge in [0.15, 0.2) is 11.5 Å². The number of ether oxygens (including phenoxy) is 3.